The summed E-state index contributed by atoms with van der Waals surface area (Å²) < 4.78 is 0. The van der Waals surface area contributed by atoms with Crippen molar-refractivity contribution in [2.24, 2.45) is 4.99 Å². The number of aryl methyl sites for hydroxylation is 1. The first-order valence-corrected chi connectivity index (χ1v) is 6.56. The second kappa shape index (κ2) is 4.77. The van der Waals surface area contributed by atoms with Crippen LogP contribution in [0.25, 0.3) is 0 Å². The zero-order valence-electron chi connectivity index (χ0n) is 10.6. The van der Waals surface area contributed by atoms with Crippen LogP contribution >= 0.6 is 0 Å². The molecule has 1 nitrogen and oxygen atoms in total. The summed E-state index contributed by atoms with van der Waals surface area (Å²) in [6.07, 6.45) is 3.10. The van der Waals surface area contributed by atoms with Crippen molar-refractivity contribution in [1.29, 1.82) is 0 Å². The number of hydrogen-bond acceptors (Lipinski definition) is 1. The van der Waals surface area contributed by atoms with E-state index in [0.29, 0.717) is 5.92 Å². The van der Waals surface area contributed by atoms with E-state index >= 15 is 0 Å². The largest absolute Gasteiger partial charge is 0.292 e. The van der Waals surface area contributed by atoms with Gasteiger partial charge in [-0.25, -0.2) is 0 Å². The second-order valence-electron chi connectivity index (χ2n) is 4.77. The Morgan fingerprint density at radius 3 is 2.72 bits per heavy atom. The SMILES string of the molecule is CCc1ccc2c(c1)C(c1ccccc1)CN=C2. The van der Waals surface area contributed by atoms with E-state index in [2.05, 4.69) is 60.4 Å². The average molecular weight is 235 g/mol. The van der Waals surface area contributed by atoms with E-state index in [0.717, 1.165) is 13.0 Å². The quantitative estimate of drug-likeness (QED) is 0.750. The third-order valence-electron chi connectivity index (χ3n) is 3.66. The molecule has 1 unspecified atom stereocenters. The topological polar surface area (TPSA) is 12.4 Å². The van der Waals surface area contributed by atoms with E-state index in [-0.39, 0.29) is 0 Å². The first-order valence-electron chi connectivity index (χ1n) is 6.56. The molecule has 0 saturated heterocycles. The Kier molecular flexibility index (Phi) is 2.97. The van der Waals surface area contributed by atoms with Crippen LogP contribution in [0.2, 0.25) is 0 Å². The minimum atomic E-state index is 0.415. The molecule has 1 aliphatic heterocycles. The zero-order valence-corrected chi connectivity index (χ0v) is 10.6. The van der Waals surface area contributed by atoms with E-state index in [1.54, 1.807) is 0 Å². The Labute approximate surface area is 108 Å². The highest BCUT2D eigenvalue weighted by molar-refractivity contribution is 5.84. The minimum absolute atomic E-state index is 0.415. The molecule has 90 valence electrons. The van der Waals surface area contributed by atoms with Crippen LogP contribution in [0.15, 0.2) is 53.5 Å². The van der Waals surface area contributed by atoms with Crippen molar-refractivity contribution in [3.05, 3.63) is 70.8 Å². The molecule has 0 spiro atoms. The lowest BCUT2D eigenvalue weighted by Gasteiger charge is -2.22. The van der Waals surface area contributed by atoms with E-state index in [4.69, 9.17) is 0 Å². The monoisotopic (exact) mass is 235 g/mol. The van der Waals surface area contributed by atoms with Crippen LogP contribution in [-0.4, -0.2) is 12.8 Å². The van der Waals surface area contributed by atoms with Crippen LogP contribution in [-0.2, 0) is 6.42 Å². The van der Waals surface area contributed by atoms with Gasteiger partial charge in [0.1, 0.15) is 0 Å². The zero-order chi connectivity index (χ0) is 12.4. The maximum Gasteiger partial charge on any atom is 0.0499 e. The molecule has 1 atom stereocenters. The van der Waals surface area contributed by atoms with Gasteiger partial charge in [0.2, 0.25) is 0 Å². The fourth-order valence-electron chi connectivity index (χ4n) is 2.59. The maximum atomic E-state index is 4.51. The predicted molar refractivity (Wildman–Crippen MR) is 76.6 cm³/mol. The summed E-state index contributed by atoms with van der Waals surface area (Å²) in [4.78, 5) is 4.51. The van der Waals surface area contributed by atoms with Crippen molar-refractivity contribution in [2.75, 3.05) is 6.54 Å². The molecule has 18 heavy (non-hydrogen) atoms. The van der Waals surface area contributed by atoms with Gasteiger partial charge in [0.05, 0.1) is 0 Å². The van der Waals surface area contributed by atoms with Gasteiger partial charge < -0.3 is 0 Å². The van der Waals surface area contributed by atoms with E-state index < -0.39 is 0 Å². The first kappa shape index (κ1) is 11.2. The third kappa shape index (κ3) is 1.97. The Bertz CT molecular complexity index is 569. The normalized spacial score (nSPS) is 17.5. The predicted octanol–water partition coefficient (Wildman–Crippen LogP) is 3.81. The van der Waals surface area contributed by atoms with Crippen LogP contribution in [0.3, 0.4) is 0 Å². The molecule has 2 aromatic rings. The fraction of sp³-hybridized carbons (Fsp3) is 0.235. The molecule has 0 amide bonds. The van der Waals surface area contributed by atoms with Gasteiger partial charge in [-0.3, -0.25) is 4.99 Å². The highest BCUT2D eigenvalue weighted by Gasteiger charge is 2.19. The molecule has 0 radical (unpaired) electrons. The molecule has 1 heterocycles. The van der Waals surface area contributed by atoms with Gasteiger partial charge in [0, 0.05) is 18.7 Å². The highest BCUT2D eigenvalue weighted by atomic mass is 14.7. The smallest absolute Gasteiger partial charge is 0.0499 e. The van der Waals surface area contributed by atoms with Crippen molar-refractivity contribution >= 4 is 6.21 Å². The summed E-state index contributed by atoms with van der Waals surface area (Å²) in [5.41, 5.74) is 5.47. The molecule has 1 heteroatoms. The summed E-state index contributed by atoms with van der Waals surface area (Å²) in [6, 6.07) is 17.4. The Hall–Kier alpha value is -1.89. The van der Waals surface area contributed by atoms with Gasteiger partial charge in [-0.15, -0.1) is 0 Å². The Morgan fingerprint density at radius 1 is 1.11 bits per heavy atom. The second-order valence-corrected chi connectivity index (χ2v) is 4.77. The first-order chi connectivity index (χ1) is 8.88. The molecule has 0 saturated carbocycles. The molecular formula is C17H17N. The molecule has 0 fully saturated rings. The molecule has 0 N–H and O–H groups in total. The molecule has 0 aliphatic carbocycles. The van der Waals surface area contributed by atoms with Gasteiger partial charge in [-0.2, -0.15) is 0 Å². The molecule has 1 aliphatic rings. The number of nitrogens with zero attached hydrogens (tertiary/aromatic N) is 1. The summed E-state index contributed by atoms with van der Waals surface area (Å²) in [5, 5.41) is 0. The standard InChI is InChI=1S/C17H17N/c1-2-13-8-9-15-11-18-12-17(16(15)10-13)14-6-4-3-5-7-14/h3-11,17H,2,12H2,1H3. The average Bonchev–Trinajstić information content (AvgIpc) is 2.47. The summed E-state index contributed by atoms with van der Waals surface area (Å²) in [7, 11) is 0. The van der Waals surface area contributed by atoms with Crippen molar-refractivity contribution in [3.63, 3.8) is 0 Å². The van der Waals surface area contributed by atoms with Crippen LogP contribution in [0.5, 0.6) is 0 Å². The summed E-state index contributed by atoms with van der Waals surface area (Å²) in [6.45, 7) is 3.07. The van der Waals surface area contributed by atoms with E-state index in [9.17, 15) is 0 Å². The number of hydrogen-bond donors (Lipinski definition) is 0. The molecule has 0 aromatic heterocycles. The van der Waals surface area contributed by atoms with Gasteiger partial charge in [-0.1, -0.05) is 55.5 Å². The lowest BCUT2D eigenvalue weighted by molar-refractivity contribution is 0.806. The van der Waals surface area contributed by atoms with Crippen LogP contribution in [0, 0.1) is 0 Å². The lowest BCUT2D eigenvalue weighted by Crippen LogP contribution is -2.13. The number of fused-ring (bicyclic) bond motifs is 1. The van der Waals surface area contributed by atoms with Gasteiger partial charge >= 0.3 is 0 Å². The van der Waals surface area contributed by atoms with Crippen LogP contribution in [0.1, 0.15) is 35.1 Å². The van der Waals surface area contributed by atoms with Crippen molar-refractivity contribution in [1.82, 2.24) is 0 Å². The van der Waals surface area contributed by atoms with Crippen LogP contribution < -0.4 is 0 Å². The highest BCUT2D eigenvalue weighted by Crippen LogP contribution is 2.30. The van der Waals surface area contributed by atoms with Crippen LogP contribution in [0.4, 0.5) is 0 Å². The van der Waals surface area contributed by atoms with E-state index in [1.165, 1.54) is 22.3 Å². The summed E-state index contributed by atoms with van der Waals surface area (Å²) in [5.74, 6) is 0.415. The van der Waals surface area contributed by atoms with Crippen molar-refractivity contribution in [2.45, 2.75) is 19.3 Å². The van der Waals surface area contributed by atoms with E-state index in [1.807, 2.05) is 6.21 Å². The molecule has 3 rings (SSSR count). The minimum Gasteiger partial charge on any atom is -0.292 e. The van der Waals surface area contributed by atoms with Gasteiger partial charge in [0.15, 0.2) is 0 Å². The summed E-state index contributed by atoms with van der Waals surface area (Å²) >= 11 is 0. The van der Waals surface area contributed by atoms with Gasteiger partial charge in [0.25, 0.3) is 0 Å². The fourth-order valence-corrected chi connectivity index (χ4v) is 2.59. The lowest BCUT2D eigenvalue weighted by atomic mass is 9.85. The van der Waals surface area contributed by atoms with Crippen molar-refractivity contribution in [3.8, 4) is 0 Å². The Morgan fingerprint density at radius 2 is 1.94 bits per heavy atom. The molecular weight excluding hydrogens is 218 g/mol. The Balaban J connectivity index is 2.08. The van der Waals surface area contributed by atoms with Crippen molar-refractivity contribution < 1.29 is 0 Å². The number of benzene rings is 2. The molecule has 2 aromatic carbocycles. The third-order valence-corrected chi connectivity index (χ3v) is 3.66. The molecule has 0 bridgehead atoms. The van der Waals surface area contributed by atoms with Gasteiger partial charge in [-0.05, 0) is 28.7 Å². The maximum absolute atomic E-state index is 4.51. The number of rotatable bonds is 2. The number of aliphatic imine (C=N–C) groups is 1.